The number of urea groups is 1. The van der Waals surface area contributed by atoms with E-state index in [4.69, 9.17) is 0 Å². The van der Waals surface area contributed by atoms with E-state index < -0.39 is 6.10 Å². The third kappa shape index (κ3) is 2.68. The van der Waals surface area contributed by atoms with Crippen LogP contribution in [0.15, 0.2) is 30.3 Å². The zero-order valence-corrected chi connectivity index (χ0v) is 13.4. The Morgan fingerprint density at radius 3 is 2.74 bits per heavy atom. The van der Waals surface area contributed by atoms with Crippen LogP contribution < -0.4 is 5.32 Å². The Kier molecular flexibility index (Phi) is 3.49. The van der Waals surface area contributed by atoms with Crippen LogP contribution in [0.2, 0.25) is 0 Å². The van der Waals surface area contributed by atoms with E-state index in [1.165, 1.54) is 16.5 Å². The van der Waals surface area contributed by atoms with E-state index in [9.17, 15) is 9.90 Å². The van der Waals surface area contributed by atoms with E-state index in [0.717, 1.165) is 36.8 Å². The second-order valence-electron chi connectivity index (χ2n) is 6.83. The molecule has 1 unspecified atom stereocenters. The summed E-state index contributed by atoms with van der Waals surface area (Å²) in [4.78, 5) is 14.0. The fourth-order valence-electron chi connectivity index (χ4n) is 3.56. The van der Waals surface area contributed by atoms with Crippen LogP contribution in [0, 0.1) is 5.92 Å². The van der Waals surface area contributed by atoms with E-state index in [-0.39, 0.29) is 6.03 Å². The second kappa shape index (κ2) is 5.53. The summed E-state index contributed by atoms with van der Waals surface area (Å²) < 4.78 is 0. The van der Waals surface area contributed by atoms with Gasteiger partial charge >= 0.3 is 6.03 Å². The highest BCUT2D eigenvalue weighted by Gasteiger charge is 2.31. The monoisotopic (exact) mass is 310 g/mol. The van der Waals surface area contributed by atoms with Crippen molar-refractivity contribution in [3.05, 3.63) is 41.5 Å². The predicted octanol–water partition coefficient (Wildman–Crippen LogP) is 3.17. The summed E-state index contributed by atoms with van der Waals surface area (Å²) in [5.74, 6) is 0.377. The maximum atomic E-state index is 12.4. The van der Waals surface area contributed by atoms with Gasteiger partial charge in [-0.3, -0.25) is 0 Å². The highest BCUT2D eigenvalue weighted by atomic mass is 16.3. The van der Waals surface area contributed by atoms with Crippen molar-refractivity contribution in [2.45, 2.75) is 31.8 Å². The van der Waals surface area contributed by atoms with Gasteiger partial charge in [0.05, 0.1) is 11.8 Å². The van der Waals surface area contributed by atoms with Gasteiger partial charge in [-0.2, -0.15) is 0 Å². The number of hydrogen-bond acceptors (Lipinski definition) is 2. The van der Waals surface area contributed by atoms with Gasteiger partial charge in [-0.15, -0.1) is 0 Å². The van der Waals surface area contributed by atoms with Gasteiger partial charge in [-0.05, 0) is 54.2 Å². The van der Waals surface area contributed by atoms with Crippen molar-refractivity contribution < 1.29 is 9.90 Å². The molecule has 1 fully saturated rings. The first kappa shape index (κ1) is 14.5. The van der Waals surface area contributed by atoms with Crippen LogP contribution in [-0.4, -0.2) is 35.7 Å². The van der Waals surface area contributed by atoms with Gasteiger partial charge in [0.1, 0.15) is 0 Å². The molecule has 4 heteroatoms. The summed E-state index contributed by atoms with van der Waals surface area (Å²) in [6.45, 7) is 0.387. The van der Waals surface area contributed by atoms with E-state index in [2.05, 4.69) is 29.6 Å². The molecular formula is C19H22N2O2. The zero-order chi connectivity index (χ0) is 16.0. The molecule has 0 spiro atoms. The molecule has 0 aliphatic heterocycles. The molecule has 2 aliphatic carbocycles. The lowest BCUT2D eigenvalue weighted by Crippen LogP contribution is -2.38. The van der Waals surface area contributed by atoms with Crippen molar-refractivity contribution in [3.8, 4) is 0 Å². The lowest BCUT2D eigenvalue weighted by Gasteiger charge is -2.21. The van der Waals surface area contributed by atoms with Crippen LogP contribution in [0.25, 0.3) is 10.8 Å². The Morgan fingerprint density at radius 1 is 1.26 bits per heavy atom. The molecule has 2 aliphatic rings. The fraction of sp³-hybridized carbons (Fsp3) is 0.421. The summed E-state index contributed by atoms with van der Waals surface area (Å²) in [5.41, 5.74) is 3.59. The number of nitrogens with one attached hydrogen (secondary N) is 1. The molecule has 120 valence electrons. The molecule has 2 amide bonds. The molecule has 0 saturated heterocycles. The smallest absolute Gasteiger partial charge is 0.321 e. The minimum atomic E-state index is -0.404. The Morgan fingerprint density at radius 2 is 2.00 bits per heavy atom. The van der Waals surface area contributed by atoms with Gasteiger partial charge in [-0.1, -0.05) is 24.3 Å². The highest BCUT2D eigenvalue weighted by Crippen LogP contribution is 2.35. The summed E-state index contributed by atoms with van der Waals surface area (Å²) in [6.07, 6.45) is 3.91. The van der Waals surface area contributed by atoms with Crippen LogP contribution in [-0.2, 0) is 12.8 Å². The molecule has 2 N–H and O–H groups in total. The van der Waals surface area contributed by atoms with Gasteiger partial charge in [-0.25, -0.2) is 4.79 Å². The van der Waals surface area contributed by atoms with Crippen LogP contribution in [0.4, 0.5) is 10.5 Å². The first-order valence-corrected chi connectivity index (χ1v) is 8.37. The van der Waals surface area contributed by atoms with Crippen molar-refractivity contribution in [2.24, 2.45) is 5.92 Å². The molecule has 1 atom stereocenters. The minimum Gasteiger partial charge on any atom is -0.391 e. The Balaban J connectivity index is 1.54. The predicted molar refractivity (Wildman–Crippen MR) is 91.7 cm³/mol. The lowest BCUT2D eigenvalue weighted by atomic mass is 10.0. The van der Waals surface area contributed by atoms with Gasteiger partial charge in [0.25, 0.3) is 0 Å². The average molecular weight is 310 g/mol. The maximum absolute atomic E-state index is 12.4. The molecule has 0 bridgehead atoms. The number of likely N-dealkylation sites (N-methyl/N-ethyl adjacent to an activating group) is 1. The standard InChI is InChI=1S/C19H22N2O2/c1-21(11-17(22)12-5-6-12)19(23)20-16-10-9-14-8-7-13-3-2-4-15(16)18(13)14/h2-4,9-10,12,17,22H,5-8,11H2,1H3,(H,20,23). The Labute approximate surface area is 136 Å². The van der Waals surface area contributed by atoms with E-state index in [1.54, 1.807) is 11.9 Å². The van der Waals surface area contributed by atoms with Crippen LogP contribution >= 0.6 is 0 Å². The number of amides is 2. The van der Waals surface area contributed by atoms with Crippen LogP contribution in [0.3, 0.4) is 0 Å². The quantitative estimate of drug-likeness (QED) is 0.911. The first-order chi connectivity index (χ1) is 11.1. The minimum absolute atomic E-state index is 0.164. The van der Waals surface area contributed by atoms with E-state index in [0.29, 0.717) is 12.5 Å². The van der Waals surface area contributed by atoms with Crippen molar-refractivity contribution in [1.82, 2.24) is 4.90 Å². The second-order valence-corrected chi connectivity index (χ2v) is 6.83. The Bertz CT molecular complexity index is 757. The number of hydrogen-bond donors (Lipinski definition) is 2. The molecule has 2 aromatic rings. The molecule has 4 rings (SSSR count). The van der Waals surface area contributed by atoms with Gasteiger partial charge in [0.2, 0.25) is 0 Å². The third-order valence-electron chi connectivity index (χ3n) is 5.09. The fourth-order valence-corrected chi connectivity index (χ4v) is 3.56. The number of rotatable bonds is 4. The average Bonchev–Trinajstić information content (AvgIpc) is 3.32. The molecule has 23 heavy (non-hydrogen) atoms. The zero-order valence-electron chi connectivity index (χ0n) is 13.4. The van der Waals surface area contributed by atoms with Gasteiger partial charge in [0.15, 0.2) is 0 Å². The largest absolute Gasteiger partial charge is 0.391 e. The Hall–Kier alpha value is -2.07. The van der Waals surface area contributed by atoms with Crippen LogP contribution in [0.5, 0.6) is 0 Å². The van der Waals surface area contributed by atoms with Crippen molar-refractivity contribution in [3.63, 3.8) is 0 Å². The number of aryl methyl sites for hydroxylation is 2. The molecule has 0 radical (unpaired) electrons. The van der Waals surface area contributed by atoms with Gasteiger partial charge < -0.3 is 15.3 Å². The van der Waals surface area contributed by atoms with E-state index >= 15 is 0 Å². The van der Waals surface area contributed by atoms with Crippen molar-refractivity contribution in [1.29, 1.82) is 0 Å². The summed E-state index contributed by atoms with van der Waals surface area (Å²) >= 11 is 0. The topological polar surface area (TPSA) is 52.6 Å². The molecule has 1 saturated carbocycles. The molecular weight excluding hydrogens is 288 g/mol. The third-order valence-corrected chi connectivity index (χ3v) is 5.09. The maximum Gasteiger partial charge on any atom is 0.321 e. The van der Waals surface area contributed by atoms with Crippen molar-refractivity contribution >= 4 is 22.5 Å². The lowest BCUT2D eigenvalue weighted by molar-refractivity contribution is 0.117. The molecule has 4 nitrogen and oxygen atoms in total. The van der Waals surface area contributed by atoms with Crippen LogP contribution in [0.1, 0.15) is 24.0 Å². The number of aliphatic hydroxyl groups excluding tert-OH is 1. The number of nitrogens with zero attached hydrogens (tertiary/aromatic N) is 1. The number of aliphatic hydroxyl groups is 1. The summed E-state index contributed by atoms with van der Waals surface area (Å²) in [5, 5.41) is 15.4. The normalized spacial score (nSPS) is 17.3. The summed E-state index contributed by atoms with van der Waals surface area (Å²) in [6, 6.07) is 10.3. The van der Waals surface area contributed by atoms with Crippen molar-refractivity contribution in [2.75, 3.05) is 18.9 Å². The molecule has 2 aromatic carbocycles. The number of carbonyl (C=O) groups excluding carboxylic acids is 1. The summed E-state index contributed by atoms with van der Waals surface area (Å²) in [7, 11) is 1.74. The number of anilines is 1. The van der Waals surface area contributed by atoms with E-state index in [1.807, 2.05) is 6.07 Å². The SMILES string of the molecule is CN(CC(O)C1CC1)C(=O)Nc1ccc2c3c(cccc13)CC2. The molecule has 0 aromatic heterocycles. The first-order valence-electron chi connectivity index (χ1n) is 8.37. The number of benzene rings is 2. The van der Waals surface area contributed by atoms with Gasteiger partial charge in [0, 0.05) is 19.0 Å². The number of carbonyl (C=O) groups is 1. The highest BCUT2D eigenvalue weighted by molar-refractivity contribution is 6.04. The molecule has 0 heterocycles.